The molecule has 0 radical (unpaired) electrons. The number of hydrogen-bond acceptors (Lipinski definition) is 10. The summed E-state index contributed by atoms with van der Waals surface area (Å²) in [5.41, 5.74) is -0.705. The number of carbonyl (C=O) groups excluding carboxylic acids is 2. The van der Waals surface area contributed by atoms with Crippen LogP contribution < -0.4 is 5.32 Å². The van der Waals surface area contributed by atoms with Crippen molar-refractivity contribution in [3.8, 4) is 0 Å². The van der Waals surface area contributed by atoms with Crippen LogP contribution in [0.4, 0.5) is 0 Å². The van der Waals surface area contributed by atoms with Crippen molar-refractivity contribution < 1.29 is 48.6 Å². The van der Waals surface area contributed by atoms with Crippen LogP contribution >= 0.6 is 0 Å². The summed E-state index contributed by atoms with van der Waals surface area (Å²) in [5, 5.41) is 39.1. The Bertz CT molecular complexity index is 1600. The molecule has 13 nitrogen and oxygen atoms in total. The van der Waals surface area contributed by atoms with Gasteiger partial charge in [-0.3, -0.25) is 9.59 Å². The van der Waals surface area contributed by atoms with Gasteiger partial charge in [0.15, 0.2) is 12.6 Å². The smallest absolute Gasteiger partial charge is 0.245 e. The molecule has 0 bridgehead atoms. The Morgan fingerprint density at radius 3 is 2.38 bits per heavy atom. The standard InChI is InChI=1S/C42H67N3O10/c1-22(2)30-16-24(4)52-40(34(30)46)55-37-25(5)35(54-33-19-42(9,51-11)36(47)27(7)53-33)26(6)38(48)44-32(17-28-20-43-31-15-13-12-14-29(28)31)39(49)45(10)21-23(3)18-41(37,8)50/h12-15,20,22-27,30,32-37,40,43,46-47,50H,16-19,21H2,1-11H3,(H,44,48)/t23-,24-,25+,26-,27+,30?,32+,33+,34-,35+,36+,37-,40+,41-,42-/m1/s1. The van der Waals surface area contributed by atoms with Crippen molar-refractivity contribution in [2.75, 3.05) is 20.7 Å². The Balaban J connectivity index is 1.56. The van der Waals surface area contributed by atoms with E-state index in [-0.39, 0.29) is 49.0 Å². The highest BCUT2D eigenvalue weighted by Gasteiger charge is 2.51. The van der Waals surface area contributed by atoms with Crippen molar-refractivity contribution >= 4 is 22.7 Å². The molecule has 0 spiro atoms. The van der Waals surface area contributed by atoms with E-state index in [1.165, 1.54) is 7.11 Å². The number of nitrogens with zero attached hydrogens (tertiary/aromatic N) is 1. The van der Waals surface area contributed by atoms with Gasteiger partial charge in [0, 0.05) is 56.6 Å². The molecule has 0 aliphatic carbocycles. The zero-order chi connectivity index (χ0) is 40.6. The highest BCUT2D eigenvalue weighted by Crippen LogP contribution is 2.40. The molecule has 3 saturated heterocycles. The molecule has 5 N–H and O–H groups in total. The molecule has 1 aromatic carbocycles. The van der Waals surface area contributed by atoms with Gasteiger partial charge < -0.3 is 54.2 Å². The molecule has 0 saturated carbocycles. The number of aromatic amines is 1. The van der Waals surface area contributed by atoms with E-state index >= 15 is 0 Å². The fourth-order valence-electron chi connectivity index (χ4n) is 9.37. The lowest BCUT2D eigenvalue weighted by Gasteiger charge is -2.48. The van der Waals surface area contributed by atoms with Gasteiger partial charge in [-0.25, -0.2) is 0 Å². The van der Waals surface area contributed by atoms with Crippen LogP contribution in [0.25, 0.3) is 10.9 Å². The predicted molar refractivity (Wildman–Crippen MR) is 208 cm³/mol. The molecule has 1 aromatic heterocycles. The van der Waals surface area contributed by atoms with Crippen molar-refractivity contribution in [2.45, 2.75) is 154 Å². The predicted octanol–water partition coefficient (Wildman–Crippen LogP) is 4.16. The van der Waals surface area contributed by atoms with E-state index in [4.69, 9.17) is 23.7 Å². The van der Waals surface area contributed by atoms with Crippen LogP contribution in [0.15, 0.2) is 30.5 Å². The van der Waals surface area contributed by atoms with Gasteiger partial charge in [-0.05, 0) is 69.9 Å². The topological polar surface area (TPSA) is 172 Å². The number of hydrogen-bond donors (Lipinski definition) is 5. The van der Waals surface area contributed by atoms with E-state index in [2.05, 4.69) is 24.1 Å². The maximum absolute atomic E-state index is 14.6. The minimum Gasteiger partial charge on any atom is -0.388 e. The summed E-state index contributed by atoms with van der Waals surface area (Å²) in [6, 6.07) is 6.94. The Morgan fingerprint density at radius 1 is 1.02 bits per heavy atom. The second-order valence-corrected chi connectivity index (χ2v) is 17.7. The quantitative estimate of drug-likeness (QED) is 0.263. The number of methoxy groups -OCH3 is 1. The van der Waals surface area contributed by atoms with E-state index in [9.17, 15) is 24.9 Å². The molecule has 3 fully saturated rings. The molecule has 2 amide bonds. The third-order valence-corrected chi connectivity index (χ3v) is 12.6. The lowest BCUT2D eigenvalue weighted by molar-refractivity contribution is -0.319. The Labute approximate surface area is 326 Å². The highest BCUT2D eigenvalue weighted by atomic mass is 16.7. The summed E-state index contributed by atoms with van der Waals surface area (Å²) in [5.74, 6) is -2.39. The molecule has 3 aliphatic rings. The number of nitrogens with one attached hydrogen (secondary N) is 2. The molecular formula is C42H67N3O10. The SMILES string of the molecule is CO[C@]1(C)C[C@H](O[C@H]2[C@H](C)[C@@H](O[C@@H]3O[C@H](C)CC(C(C)C)[C@H]3O)[C@](C)(O)C[C@@H](C)CN(C)C(=O)[C@H](Cc3c[nH]c4ccccc34)NC(=O)[C@@H]2C)O[C@@H](C)[C@@H]1O. The highest BCUT2D eigenvalue weighted by molar-refractivity contribution is 5.90. The van der Waals surface area contributed by atoms with Gasteiger partial charge in [0.25, 0.3) is 0 Å². The van der Waals surface area contributed by atoms with Crippen molar-refractivity contribution in [3.63, 3.8) is 0 Å². The van der Waals surface area contributed by atoms with Crippen LogP contribution in [0.5, 0.6) is 0 Å². The first-order chi connectivity index (χ1) is 25.8. The van der Waals surface area contributed by atoms with Crippen molar-refractivity contribution in [3.05, 3.63) is 36.0 Å². The number of para-hydroxylation sites is 1. The minimum absolute atomic E-state index is 0.0940. The summed E-state index contributed by atoms with van der Waals surface area (Å²) >= 11 is 0. The molecule has 55 heavy (non-hydrogen) atoms. The van der Waals surface area contributed by atoms with Gasteiger partial charge >= 0.3 is 0 Å². The van der Waals surface area contributed by atoms with Gasteiger partial charge in [0.1, 0.15) is 18.2 Å². The minimum atomic E-state index is -1.53. The molecule has 2 aromatic rings. The molecule has 1 unspecified atom stereocenters. The lowest BCUT2D eigenvalue weighted by atomic mass is 9.77. The van der Waals surface area contributed by atoms with Crippen LogP contribution in [-0.2, 0) is 39.7 Å². The van der Waals surface area contributed by atoms with E-state index in [1.807, 2.05) is 51.2 Å². The fraction of sp³-hybridized carbons (Fsp3) is 0.762. The summed E-state index contributed by atoms with van der Waals surface area (Å²) in [6.45, 7) is 17.2. The number of carbonyl (C=O) groups is 2. The van der Waals surface area contributed by atoms with E-state index in [0.717, 1.165) is 16.5 Å². The van der Waals surface area contributed by atoms with Crippen LogP contribution in [0.3, 0.4) is 0 Å². The first kappa shape index (κ1) is 43.5. The number of aromatic nitrogens is 1. The second-order valence-electron chi connectivity index (χ2n) is 17.7. The number of H-pyrrole nitrogens is 1. The zero-order valence-electron chi connectivity index (χ0n) is 34.7. The third kappa shape index (κ3) is 9.58. The summed E-state index contributed by atoms with van der Waals surface area (Å²) in [7, 11) is 3.25. The number of fused-ring (bicyclic) bond motifs is 1. The van der Waals surface area contributed by atoms with Crippen LogP contribution in [-0.4, -0.2) is 124 Å². The second kappa shape index (κ2) is 17.5. The number of ether oxygens (including phenoxy) is 5. The van der Waals surface area contributed by atoms with Gasteiger partial charge in [0.2, 0.25) is 11.8 Å². The molecule has 4 heterocycles. The molecule has 310 valence electrons. The maximum Gasteiger partial charge on any atom is 0.245 e. The normalized spacial score (nSPS) is 41.4. The van der Waals surface area contributed by atoms with Crippen molar-refractivity contribution in [1.29, 1.82) is 0 Å². The monoisotopic (exact) mass is 773 g/mol. The van der Waals surface area contributed by atoms with Crippen LogP contribution in [0.2, 0.25) is 0 Å². The van der Waals surface area contributed by atoms with Gasteiger partial charge in [-0.2, -0.15) is 0 Å². The van der Waals surface area contributed by atoms with Crippen molar-refractivity contribution in [2.24, 2.45) is 29.6 Å². The number of likely N-dealkylation sites (N-methyl/N-ethyl adjacent to an activating group) is 1. The number of benzene rings is 1. The fourth-order valence-corrected chi connectivity index (χ4v) is 9.37. The largest absolute Gasteiger partial charge is 0.388 e. The van der Waals surface area contributed by atoms with E-state index in [0.29, 0.717) is 13.0 Å². The number of rotatable bonds is 8. The third-order valence-electron chi connectivity index (χ3n) is 12.6. The number of amides is 2. The zero-order valence-corrected chi connectivity index (χ0v) is 34.7. The first-order valence-electron chi connectivity index (χ1n) is 20.1. The molecule has 5 rings (SSSR count). The summed E-state index contributed by atoms with van der Waals surface area (Å²) in [6.07, 6.45) is -3.44. The average molecular weight is 774 g/mol. The Hall–Kier alpha value is -2.62. The summed E-state index contributed by atoms with van der Waals surface area (Å²) in [4.78, 5) is 33.7. The lowest BCUT2D eigenvalue weighted by Crippen LogP contribution is -2.60. The summed E-state index contributed by atoms with van der Waals surface area (Å²) < 4.78 is 31.8. The van der Waals surface area contributed by atoms with Crippen molar-refractivity contribution in [1.82, 2.24) is 15.2 Å². The number of aliphatic hydroxyl groups is 3. The van der Waals surface area contributed by atoms with E-state index < -0.39 is 78.1 Å². The first-order valence-corrected chi connectivity index (χ1v) is 20.1. The molecular weight excluding hydrogens is 706 g/mol. The molecule has 3 aliphatic heterocycles. The Kier molecular flexibility index (Phi) is 13.8. The average Bonchev–Trinajstić information content (AvgIpc) is 3.53. The van der Waals surface area contributed by atoms with E-state index in [1.54, 1.807) is 39.6 Å². The van der Waals surface area contributed by atoms with Crippen LogP contribution in [0, 0.1) is 29.6 Å². The van der Waals surface area contributed by atoms with Gasteiger partial charge in [0.05, 0.1) is 41.5 Å². The molecule has 15 atom stereocenters. The van der Waals surface area contributed by atoms with Gasteiger partial charge in [-0.15, -0.1) is 0 Å². The maximum atomic E-state index is 14.6. The molecule has 13 heteroatoms. The number of aliphatic hydroxyl groups excluding tert-OH is 2. The Morgan fingerprint density at radius 2 is 1.71 bits per heavy atom. The van der Waals surface area contributed by atoms with Crippen LogP contribution in [0.1, 0.15) is 87.1 Å². The van der Waals surface area contributed by atoms with Gasteiger partial charge in [-0.1, -0.05) is 52.8 Å².